The van der Waals surface area contributed by atoms with Crippen molar-refractivity contribution >= 4 is 21.6 Å². The van der Waals surface area contributed by atoms with Crippen molar-refractivity contribution in [2.24, 2.45) is 0 Å². The summed E-state index contributed by atoms with van der Waals surface area (Å²) in [5, 5.41) is 10.7. The second kappa shape index (κ2) is 5.12. The third-order valence-corrected chi connectivity index (χ3v) is 3.27. The number of benzene rings is 1. The quantitative estimate of drug-likeness (QED) is 0.632. The lowest BCUT2D eigenvalue weighted by Crippen LogP contribution is -2.50. The zero-order chi connectivity index (χ0) is 12.4. The van der Waals surface area contributed by atoms with Gasteiger partial charge in [-0.3, -0.25) is 15.0 Å². The highest BCUT2D eigenvalue weighted by atomic mass is 79.9. The Balaban J connectivity index is 2.04. The lowest BCUT2D eigenvalue weighted by Gasteiger charge is -2.38. The minimum Gasteiger partial charge on any atom is -0.379 e. The van der Waals surface area contributed by atoms with Crippen LogP contribution >= 0.6 is 15.9 Å². The predicted octanol–water partition coefficient (Wildman–Crippen LogP) is 2.19. The van der Waals surface area contributed by atoms with Crippen LogP contribution in [0, 0.1) is 10.1 Å². The number of ether oxygens (including phenoxy) is 1. The summed E-state index contributed by atoms with van der Waals surface area (Å²) in [7, 11) is 1.70. The summed E-state index contributed by atoms with van der Waals surface area (Å²) in [6.45, 7) is 2.49. The summed E-state index contributed by atoms with van der Waals surface area (Å²) < 4.78 is 5.92. The number of nitro benzene ring substituents is 1. The van der Waals surface area contributed by atoms with Crippen molar-refractivity contribution in [3.8, 4) is 0 Å². The second-order valence-corrected chi connectivity index (χ2v) is 5.04. The summed E-state index contributed by atoms with van der Waals surface area (Å²) in [6.07, 6.45) is 0.303. The third-order valence-electron chi connectivity index (χ3n) is 2.82. The van der Waals surface area contributed by atoms with Crippen LogP contribution in [0.25, 0.3) is 0 Å². The van der Waals surface area contributed by atoms with Crippen LogP contribution in [0.5, 0.6) is 0 Å². The molecule has 0 amide bonds. The van der Waals surface area contributed by atoms with Gasteiger partial charge in [0, 0.05) is 43.3 Å². The number of hydrogen-bond acceptors (Lipinski definition) is 4. The molecule has 0 aromatic heterocycles. The summed E-state index contributed by atoms with van der Waals surface area (Å²) in [5.41, 5.74) is 1.07. The van der Waals surface area contributed by atoms with E-state index in [4.69, 9.17) is 4.74 Å². The van der Waals surface area contributed by atoms with E-state index in [0.29, 0.717) is 6.10 Å². The third kappa shape index (κ3) is 3.02. The largest absolute Gasteiger partial charge is 0.379 e. The highest BCUT2D eigenvalue weighted by molar-refractivity contribution is 9.10. The molecule has 6 heteroatoms. The van der Waals surface area contributed by atoms with Gasteiger partial charge < -0.3 is 4.74 Å². The first kappa shape index (κ1) is 12.5. The smallest absolute Gasteiger partial charge is 0.270 e. The maximum atomic E-state index is 10.7. The Labute approximate surface area is 108 Å². The molecule has 0 unspecified atom stereocenters. The second-order valence-electron chi connectivity index (χ2n) is 4.13. The van der Waals surface area contributed by atoms with Gasteiger partial charge >= 0.3 is 0 Å². The van der Waals surface area contributed by atoms with E-state index in [1.54, 1.807) is 13.2 Å². The maximum Gasteiger partial charge on any atom is 0.270 e. The number of nitrogens with zero attached hydrogens (tertiary/aromatic N) is 2. The van der Waals surface area contributed by atoms with Crippen LogP contribution in [-0.4, -0.2) is 36.1 Å². The van der Waals surface area contributed by atoms with Gasteiger partial charge in [0.25, 0.3) is 5.69 Å². The Kier molecular flexibility index (Phi) is 3.76. The first-order chi connectivity index (χ1) is 8.08. The molecule has 1 aromatic carbocycles. The van der Waals surface area contributed by atoms with Gasteiger partial charge in [0.15, 0.2) is 0 Å². The maximum absolute atomic E-state index is 10.7. The predicted molar refractivity (Wildman–Crippen MR) is 66.9 cm³/mol. The van der Waals surface area contributed by atoms with Gasteiger partial charge in [0.2, 0.25) is 0 Å². The molecule has 1 aromatic rings. The van der Waals surface area contributed by atoms with E-state index < -0.39 is 0 Å². The van der Waals surface area contributed by atoms with Gasteiger partial charge in [-0.05, 0) is 11.6 Å². The number of halogens is 1. The molecule has 1 fully saturated rings. The number of methoxy groups -OCH3 is 1. The molecule has 0 N–H and O–H groups in total. The van der Waals surface area contributed by atoms with Gasteiger partial charge in [-0.25, -0.2) is 0 Å². The zero-order valence-corrected chi connectivity index (χ0v) is 11.0. The monoisotopic (exact) mass is 300 g/mol. The highest BCUT2D eigenvalue weighted by Crippen LogP contribution is 2.23. The molecule has 17 heavy (non-hydrogen) atoms. The van der Waals surface area contributed by atoms with Gasteiger partial charge in [-0.2, -0.15) is 0 Å². The SMILES string of the molecule is COC1CN(Cc2cc(Br)cc([N+](=O)[O-])c2)C1. The van der Waals surface area contributed by atoms with Crippen molar-refractivity contribution in [1.82, 2.24) is 4.90 Å². The molecule has 1 heterocycles. The standard InChI is InChI=1S/C11H13BrN2O3/c1-17-11-6-13(7-11)5-8-2-9(12)4-10(3-8)14(15)16/h2-4,11H,5-7H2,1H3. The molecule has 92 valence electrons. The van der Waals surface area contributed by atoms with Gasteiger partial charge in [0.05, 0.1) is 11.0 Å². The van der Waals surface area contributed by atoms with Crippen LogP contribution in [0.4, 0.5) is 5.69 Å². The Morgan fingerprint density at radius 1 is 1.53 bits per heavy atom. The molecule has 1 aliphatic heterocycles. The Bertz CT molecular complexity index is 433. The summed E-state index contributed by atoms with van der Waals surface area (Å²) in [5.74, 6) is 0. The van der Waals surface area contributed by atoms with Crippen molar-refractivity contribution in [3.63, 3.8) is 0 Å². The minimum atomic E-state index is -0.373. The van der Waals surface area contributed by atoms with Crippen LogP contribution in [0.1, 0.15) is 5.56 Å². The number of likely N-dealkylation sites (tertiary alicyclic amines) is 1. The molecule has 0 atom stereocenters. The number of hydrogen-bond donors (Lipinski definition) is 0. The van der Waals surface area contributed by atoms with Crippen LogP contribution in [0.3, 0.4) is 0 Å². The van der Waals surface area contributed by atoms with Crippen LogP contribution in [0.15, 0.2) is 22.7 Å². The van der Waals surface area contributed by atoms with Gasteiger partial charge in [-0.15, -0.1) is 0 Å². The average molecular weight is 301 g/mol. The van der Waals surface area contributed by atoms with E-state index in [1.807, 2.05) is 6.07 Å². The normalized spacial score (nSPS) is 16.8. The summed E-state index contributed by atoms with van der Waals surface area (Å²) in [4.78, 5) is 12.5. The Hall–Kier alpha value is -0.980. The Morgan fingerprint density at radius 2 is 2.24 bits per heavy atom. The topological polar surface area (TPSA) is 55.6 Å². The van der Waals surface area contributed by atoms with Crippen molar-refractivity contribution in [2.45, 2.75) is 12.6 Å². The highest BCUT2D eigenvalue weighted by Gasteiger charge is 2.26. The van der Waals surface area contributed by atoms with Crippen molar-refractivity contribution in [2.75, 3.05) is 20.2 Å². The fourth-order valence-corrected chi connectivity index (χ4v) is 2.42. The molecule has 1 saturated heterocycles. The van der Waals surface area contributed by atoms with Crippen LogP contribution in [0.2, 0.25) is 0 Å². The molecular weight excluding hydrogens is 288 g/mol. The molecule has 0 aliphatic carbocycles. The number of rotatable bonds is 4. The van der Waals surface area contributed by atoms with Gasteiger partial charge in [0.1, 0.15) is 0 Å². The molecule has 5 nitrogen and oxygen atoms in total. The summed E-state index contributed by atoms with van der Waals surface area (Å²) in [6, 6.07) is 5.04. The van der Waals surface area contributed by atoms with E-state index in [0.717, 1.165) is 29.7 Å². The van der Waals surface area contributed by atoms with Crippen LogP contribution < -0.4 is 0 Å². The lowest BCUT2D eigenvalue weighted by molar-refractivity contribution is -0.385. The van der Waals surface area contributed by atoms with Crippen molar-refractivity contribution in [1.29, 1.82) is 0 Å². The molecule has 0 spiro atoms. The van der Waals surface area contributed by atoms with Crippen molar-refractivity contribution in [3.05, 3.63) is 38.3 Å². The minimum absolute atomic E-state index is 0.123. The lowest BCUT2D eigenvalue weighted by atomic mass is 10.1. The summed E-state index contributed by atoms with van der Waals surface area (Å²) >= 11 is 3.29. The van der Waals surface area contributed by atoms with E-state index in [2.05, 4.69) is 20.8 Å². The van der Waals surface area contributed by atoms with Gasteiger partial charge in [-0.1, -0.05) is 15.9 Å². The number of nitro groups is 1. The molecule has 0 bridgehead atoms. The van der Waals surface area contributed by atoms with Crippen molar-refractivity contribution < 1.29 is 9.66 Å². The first-order valence-corrected chi connectivity index (χ1v) is 6.07. The van der Waals surface area contributed by atoms with E-state index >= 15 is 0 Å². The fraction of sp³-hybridized carbons (Fsp3) is 0.455. The molecular formula is C11H13BrN2O3. The van der Waals surface area contributed by atoms with E-state index in [1.165, 1.54) is 6.07 Å². The van der Waals surface area contributed by atoms with E-state index in [9.17, 15) is 10.1 Å². The first-order valence-electron chi connectivity index (χ1n) is 5.27. The van der Waals surface area contributed by atoms with Crippen LogP contribution in [-0.2, 0) is 11.3 Å². The zero-order valence-electron chi connectivity index (χ0n) is 9.43. The molecule has 0 saturated carbocycles. The molecule has 0 radical (unpaired) electrons. The van der Waals surface area contributed by atoms with E-state index in [-0.39, 0.29) is 10.6 Å². The molecule has 2 rings (SSSR count). The molecule has 1 aliphatic rings. The number of non-ortho nitro benzene ring substituents is 1. The average Bonchev–Trinajstić information content (AvgIpc) is 2.21. The fourth-order valence-electron chi connectivity index (χ4n) is 1.89. The Morgan fingerprint density at radius 3 is 2.82 bits per heavy atom.